The lowest BCUT2D eigenvalue weighted by Gasteiger charge is -2.16. The fraction of sp³-hybridized carbons (Fsp3) is 0.375. The van der Waals surface area contributed by atoms with E-state index in [1.165, 1.54) is 12.3 Å². The minimum absolute atomic E-state index is 0. The molecule has 1 rings (SSSR count). The van der Waals surface area contributed by atoms with Crippen LogP contribution in [0.25, 0.3) is 0 Å². The minimum atomic E-state index is -0.492. The first-order chi connectivity index (χ1) is 5.00. The third-order valence-corrected chi connectivity index (χ3v) is 1.39. The van der Waals surface area contributed by atoms with E-state index in [1.807, 2.05) is 13.8 Å². The number of nitrogens with two attached hydrogens (primary N) is 1. The molecule has 0 bridgehead atoms. The quantitative estimate of drug-likeness (QED) is 0.799. The Morgan fingerprint density at radius 1 is 1.31 bits per heavy atom. The molecule has 1 aromatic rings. The van der Waals surface area contributed by atoms with Crippen LogP contribution in [0.1, 0.15) is 19.5 Å². The van der Waals surface area contributed by atoms with Crippen LogP contribution in [-0.4, -0.2) is 4.98 Å². The van der Waals surface area contributed by atoms with E-state index in [4.69, 9.17) is 5.73 Å². The van der Waals surface area contributed by atoms with Crippen molar-refractivity contribution in [1.29, 1.82) is 0 Å². The predicted molar refractivity (Wildman–Crippen MR) is 55.9 cm³/mol. The largest absolute Gasteiger partial charge is 0.321 e. The summed E-state index contributed by atoms with van der Waals surface area (Å²) in [5, 5.41) is 0. The van der Waals surface area contributed by atoms with Crippen molar-refractivity contribution >= 4 is 24.8 Å². The Labute approximate surface area is 89.6 Å². The summed E-state index contributed by atoms with van der Waals surface area (Å²) in [6.07, 6.45) is 1.17. The third kappa shape index (κ3) is 4.41. The molecule has 76 valence electrons. The zero-order valence-corrected chi connectivity index (χ0v) is 9.08. The highest BCUT2D eigenvalue weighted by Crippen LogP contribution is 2.13. The standard InChI is InChI=1S/C8H11FN2.2ClH/c1-8(2,10)7-4-3-6(9)5-11-7;;/h3-5H,10H2,1-2H3;2*1H. The molecule has 0 saturated heterocycles. The van der Waals surface area contributed by atoms with Gasteiger partial charge in [0.05, 0.1) is 17.4 Å². The lowest BCUT2D eigenvalue weighted by molar-refractivity contribution is 0.528. The maximum absolute atomic E-state index is 12.4. The van der Waals surface area contributed by atoms with Crippen molar-refractivity contribution in [3.8, 4) is 0 Å². The van der Waals surface area contributed by atoms with Gasteiger partial charge in [0.1, 0.15) is 5.82 Å². The molecular formula is C8H13Cl2FN2. The summed E-state index contributed by atoms with van der Waals surface area (Å²) in [7, 11) is 0. The summed E-state index contributed by atoms with van der Waals surface area (Å²) in [6, 6.07) is 2.95. The van der Waals surface area contributed by atoms with Gasteiger partial charge in [0.25, 0.3) is 0 Å². The van der Waals surface area contributed by atoms with Crippen molar-refractivity contribution < 1.29 is 4.39 Å². The molecule has 2 nitrogen and oxygen atoms in total. The Bertz CT molecular complexity index is 243. The number of hydrogen-bond acceptors (Lipinski definition) is 2. The molecule has 0 aliphatic heterocycles. The molecule has 5 heteroatoms. The molecule has 0 aliphatic rings. The average Bonchev–Trinajstić information content (AvgIpc) is 1.86. The maximum atomic E-state index is 12.4. The fourth-order valence-corrected chi connectivity index (χ4v) is 0.757. The first-order valence-corrected chi connectivity index (χ1v) is 3.41. The third-order valence-electron chi connectivity index (χ3n) is 1.39. The first-order valence-electron chi connectivity index (χ1n) is 3.41. The Hall–Kier alpha value is -0.380. The van der Waals surface area contributed by atoms with Gasteiger partial charge in [-0.3, -0.25) is 4.98 Å². The molecule has 0 fully saturated rings. The molecule has 2 N–H and O–H groups in total. The Morgan fingerprint density at radius 3 is 2.15 bits per heavy atom. The Kier molecular flexibility index (Phi) is 6.24. The van der Waals surface area contributed by atoms with Crippen LogP contribution in [0.4, 0.5) is 4.39 Å². The summed E-state index contributed by atoms with van der Waals surface area (Å²) in [5.74, 6) is -0.335. The van der Waals surface area contributed by atoms with E-state index in [-0.39, 0.29) is 30.6 Å². The van der Waals surface area contributed by atoms with Crippen molar-refractivity contribution in [3.05, 3.63) is 29.8 Å². The maximum Gasteiger partial charge on any atom is 0.141 e. The van der Waals surface area contributed by atoms with Gasteiger partial charge in [-0.15, -0.1) is 24.8 Å². The number of halogens is 3. The molecular weight excluding hydrogens is 214 g/mol. The Balaban J connectivity index is 0. The van der Waals surface area contributed by atoms with Crippen LogP contribution in [0.15, 0.2) is 18.3 Å². The number of pyridine rings is 1. The second-order valence-electron chi connectivity index (χ2n) is 3.08. The lowest BCUT2D eigenvalue weighted by Crippen LogP contribution is -2.29. The molecule has 0 unspecified atom stereocenters. The smallest absolute Gasteiger partial charge is 0.141 e. The van der Waals surface area contributed by atoms with Gasteiger partial charge in [-0.25, -0.2) is 4.39 Å². The molecule has 0 spiro atoms. The number of rotatable bonds is 1. The minimum Gasteiger partial charge on any atom is -0.321 e. The molecule has 0 atom stereocenters. The van der Waals surface area contributed by atoms with E-state index in [2.05, 4.69) is 4.98 Å². The van der Waals surface area contributed by atoms with E-state index in [0.717, 1.165) is 0 Å². The van der Waals surface area contributed by atoms with Crippen molar-refractivity contribution in [2.24, 2.45) is 5.73 Å². The SMILES string of the molecule is CC(C)(N)c1ccc(F)cn1.Cl.Cl. The summed E-state index contributed by atoms with van der Waals surface area (Å²) in [6.45, 7) is 3.65. The van der Waals surface area contributed by atoms with Gasteiger partial charge in [-0.05, 0) is 26.0 Å². The van der Waals surface area contributed by atoms with Crippen LogP contribution >= 0.6 is 24.8 Å². The van der Waals surface area contributed by atoms with Crippen LogP contribution in [0.5, 0.6) is 0 Å². The van der Waals surface area contributed by atoms with Crippen molar-refractivity contribution in [1.82, 2.24) is 4.98 Å². The molecule has 0 aromatic carbocycles. The summed E-state index contributed by atoms with van der Waals surface area (Å²) < 4.78 is 12.4. The van der Waals surface area contributed by atoms with Crippen LogP contribution in [0.2, 0.25) is 0 Å². The topological polar surface area (TPSA) is 38.9 Å². The highest BCUT2D eigenvalue weighted by molar-refractivity contribution is 5.85. The van der Waals surface area contributed by atoms with Gasteiger partial charge < -0.3 is 5.73 Å². The van der Waals surface area contributed by atoms with E-state index in [9.17, 15) is 4.39 Å². The van der Waals surface area contributed by atoms with Gasteiger partial charge in [0, 0.05) is 0 Å². The van der Waals surface area contributed by atoms with Crippen molar-refractivity contribution in [2.75, 3.05) is 0 Å². The summed E-state index contributed by atoms with van der Waals surface area (Å²) in [4.78, 5) is 3.85. The Morgan fingerprint density at radius 2 is 1.85 bits per heavy atom. The van der Waals surface area contributed by atoms with E-state index < -0.39 is 5.54 Å². The predicted octanol–water partition coefficient (Wildman–Crippen LogP) is 2.26. The van der Waals surface area contributed by atoms with E-state index in [0.29, 0.717) is 5.69 Å². The molecule has 1 heterocycles. The number of nitrogens with zero attached hydrogens (tertiary/aromatic N) is 1. The molecule has 1 aromatic heterocycles. The molecule has 0 saturated carbocycles. The van der Waals surface area contributed by atoms with Crippen molar-refractivity contribution in [3.63, 3.8) is 0 Å². The van der Waals surface area contributed by atoms with Crippen LogP contribution in [0.3, 0.4) is 0 Å². The van der Waals surface area contributed by atoms with Gasteiger partial charge in [-0.1, -0.05) is 0 Å². The summed E-state index contributed by atoms with van der Waals surface area (Å²) >= 11 is 0. The normalized spacial score (nSPS) is 9.85. The van der Waals surface area contributed by atoms with E-state index >= 15 is 0 Å². The second-order valence-corrected chi connectivity index (χ2v) is 3.08. The van der Waals surface area contributed by atoms with Gasteiger partial charge in [0.2, 0.25) is 0 Å². The first kappa shape index (κ1) is 15.1. The molecule has 0 amide bonds. The van der Waals surface area contributed by atoms with Gasteiger partial charge in [-0.2, -0.15) is 0 Å². The highest BCUT2D eigenvalue weighted by atomic mass is 35.5. The second kappa shape index (κ2) is 5.37. The number of hydrogen-bond donors (Lipinski definition) is 1. The zero-order chi connectivity index (χ0) is 8.48. The number of aromatic nitrogens is 1. The van der Waals surface area contributed by atoms with Crippen LogP contribution < -0.4 is 5.73 Å². The van der Waals surface area contributed by atoms with Crippen molar-refractivity contribution in [2.45, 2.75) is 19.4 Å². The highest BCUT2D eigenvalue weighted by Gasteiger charge is 2.14. The average molecular weight is 227 g/mol. The fourth-order valence-electron chi connectivity index (χ4n) is 0.757. The zero-order valence-electron chi connectivity index (χ0n) is 7.45. The van der Waals surface area contributed by atoms with Crippen LogP contribution in [0, 0.1) is 5.82 Å². The molecule has 0 aliphatic carbocycles. The van der Waals surface area contributed by atoms with Crippen LogP contribution in [-0.2, 0) is 5.54 Å². The molecule has 13 heavy (non-hydrogen) atoms. The van der Waals surface area contributed by atoms with Gasteiger partial charge in [0.15, 0.2) is 0 Å². The monoisotopic (exact) mass is 226 g/mol. The lowest BCUT2D eigenvalue weighted by atomic mass is 10.0. The molecule has 0 radical (unpaired) electrons. The van der Waals surface area contributed by atoms with Gasteiger partial charge >= 0.3 is 0 Å². The summed E-state index contributed by atoms with van der Waals surface area (Å²) in [5.41, 5.74) is 5.92. The van der Waals surface area contributed by atoms with E-state index in [1.54, 1.807) is 6.07 Å².